The summed E-state index contributed by atoms with van der Waals surface area (Å²) < 4.78 is 0. The van der Waals surface area contributed by atoms with Crippen LogP contribution in [0.4, 0.5) is 5.69 Å². The van der Waals surface area contributed by atoms with Crippen LogP contribution in [0, 0.1) is 0 Å². The lowest BCUT2D eigenvalue weighted by Crippen LogP contribution is -2.49. The molecule has 106 valence electrons. The summed E-state index contributed by atoms with van der Waals surface area (Å²) in [5, 5.41) is 9.62. The third kappa shape index (κ3) is 3.11. The number of likely N-dealkylation sites (N-methyl/N-ethyl adjacent to an activating group) is 1. The molecule has 0 spiro atoms. The molecule has 2 aromatic rings. The predicted octanol–water partition coefficient (Wildman–Crippen LogP) is 2.55. The molecule has 0 amide bonds. The number of nitrogens with one attached hydrogen (secondary N) is 2. The van der Waals surface area contributed by atoms with E-state index in [4.69, 9.17) is 0 Å². The first-order chi connectivity index (χ1) is 9.83. The number of hydrogen-bond acceptors (Lipinski definition) is 3. The third-order valence-electron chi connectivity index (χ3n) is 4.20. The zero-order valence-electron chi connectivity index (χ0n) is 12.1. The van der Waals surface area contributed by atoms with Crippen molar-refractivity contribution in [1.29, 1.82) is 0 Å². The summed E-state index contributed by atoms with van der Waals surface area (Å²) >= 11 is 0. The monoisotopic (exact) mass is 269 g/mol. The van der Waals surface area contributed by atoms with Crippen molar-refractivity contribution in [3.05, 3.63) is 42.5 Å². The highest BCUT2D eigenvalue weighted by Gasteiger charge is 2.17. The van der Waals surface area contributed by atoms with Gasteiger partial charge in [0.25, 0.3) is 0 Å². The minimum absolute atomic E-state index is 0.650. The number of nitrogens with zero attached hydrogens (tertiary/aromatic N) is 1. The van der Waals surface area contributed by atoms with E-state index < -0.39 is 0 Å². The minimum Gasteiger partial charge on any atom is -0.385 e. The van der Waals surface area contributed by atoms with Crippen molar-refractivity contribution in [3.63, 3.8) is 0 Å². The van der Waals surface area contributed by atoms with Crippen molar-refractivity contribution >= 4 is 16.5 Å². The van der Waals surface area contributed by atoms with Crippen molar-refractivity contribution in [1.82, 2.24) is 10.2 Å². The normalized spacial score (nSPS) is 20.1. The Morgan fingerprint density at radius 1 is 1.20 bits per heavy atom. The molecular weight excluding hydrogens is 246 g/mol. The Labute approximate surface area is 121 Å². The quantitative estimate of drug-likeness (QED) is 0.893. The van der Waals surface area contributed by atoms with Gasteiger partial charge in [0.1, 0.15) is 0 Å². The van der Waals surface area contributed by atoms with Gasteiger partial charge in [-0.25, -0.2) is 0 Å². The molecular formula is C17H23N3. The van der Waals surface area contributed by atoms with E-state index in [-0.39, 0.29) is 0 Å². The number of hydrogen-bond donors (Lipinski definition) is 2. The maximum atomic E-state index is 3.55. The molecule has 20 heavy (non-hydrogen) atoms. The van der Waals surface area contributed by atoms with E-state index in [1.165, 1.54) is 22.9 Å². The number of piperazine rings is 1. The van der Waals surface area contributed by atoms with Gasteiger partial charge in [0.2, 0.25) is 0 Å². The summed E-state index contributed by atoms with van der Waals surface area (Å²) in [4.78, 5) is 2.46. The van der Waals surface area contributed by atoms with Crippen LogP contribution < -0.4 is 10.6 Å². The molecule has 1 aliphatic heterocycles. The van der Waals surface area contributed by atoms with E-state index in [9.17, 15) is 0 Å². The van der Waals surface area contributed by atoms with Crippen molar-refractivity contribution in [2.24, 2.45) is 0 Å². The van der Waals surface area contributed by atoms with E-state index in [1.807, 2.05) is 0 Å². The molecule has 0 bridgehead atoms. The van der Waals surface area contributed by atoms with Crippen molar-refractivity contribution in [3.8, 4) is 0 Å². The average Bonchev–Trinajstić information content (AvgIpc) is 2.49. The number of benzene rings is 2. The van der Waals surface area contributed by atoms with Crippen LogP contribution in [-0.4, -0.2) is 44.2 Å². The summed E-state index contributed by atoms with van der Waals surface area (Å²) in [5.41, 5.74) is 1.22. The van der Waals surface area contributed by atoms with E-state index >= 15 is 0 Å². The smallest absolute Gasteiger partial charge is 0.0346 e. The van der Waals surface area contributed by atoms with Gasteiger partial charge < -0.3 is 15.5 Å². The molecule has 3 nitrogen and oxygen atoms in total. The lowest BCUT2D eigenvalue weighted by atomic mass is 10.1. The molecule has 2 aromatic carbocycles. The van der Waals surface area contributed by atoms with Crippen LogP contribution in [0.5, 0.6) is 0 Å². The maximum Gasteiger partial charge on any atom is 0.0346 e. The summed E-state index contributed by atoms with van der Waals surface area (Å²) in [6.07, 6.45) is 1.18. The Bertz CT molecular complexity index is 567. The fourth-order valence-corrected chi connectivity index (χ4v) is 2.87. The predicted molar refractivity (Wildman–Crippen MR) is 86.3 cm³/mol. The Morgan fingerprint density at radius 3 is 2.90 bits per heavy atom. The van der Waals surface area contributed by atoms with E-state index in [0.29, 0.717) is 6.04 Å². The van der Waals surface area contributed by atoms with Gasteiger partial charge in [-0.3, -0.25) is 0 Å². The molecule has 1 atom stereocenters. The van der Waals surface area contributed by atoms with Gasteiger partial charge in [0.05, 0.1) is 0 Å². The zero-order chi connectivity index (χ0) is 13.8. The first-order valence-electron chi connectivity index (χ1n) is 7.46. The molecule has 3 rings (SSSR count). The van der Waals surface area contributed by atoms with Crippen LogP contribution in [0.1, 0.15) is 6.42 Å². The van der Waals surface area contributed by atoms with E-state index in [1.54, 1.807) is 0 Å². The first kappa shape index (κ1) is 13.4. The van der Waals surface area contributed by atoms with Crippen molar-refractivity contribution in [2.75, 3.05) is 38.5 Å². The van der Waals surface area contributed by atoms with Crippen LogP contribution in [0.2, 0.25) is 0 Å². The Kier molecular flexibility index (Phi) is 4.19. The highest BCUT2D eigenvalue weighted by molar-refractivity contribution is 5.85. The van der Waals surface area contributed by atoms with Gasteiger partial charge in [-0.05, 0) is 36.4 Å². The number of rotatable bonds is 4. The second-order valence-electron chi connectivity index (χ2n) is 5.62. The lowest BCUT2D eigenvalue weighted by Gasteiger charge is -2.33. The largest absolute Gasteiger partial charge is 0.385 e. The SMILES string of the molecule is CN1CCNCC1CCNc1ccc2ccccc2c1. The fourth-order valence-electron chi connectivity index (χ4n) is 2.87. The van der Waals surface area contributed by atoms with E-state index in [2.05, 4.69) is 65.0 Å². The standard InChI is InChI=1S/C17H23N3/c1-20-11-10-18-13-17(20)8-9-19-16-7-6-14-4-2-3-5-15(14)12-16/h2-7,12,17-19H,8-11,13H2,1H3. The van der Waals surface area contributed by atoms with Gasteiger partial charge in [0.15, 0.2) is 0 Å². The molecule has 0 saturated carbocycles. The molecule has 1 heterocycles. The maximum absolute atomic E-state index is 3.55. The lowest BCUT2D eigenvalue weighted by molar-refractivity contribution is 0.194. The molecule has 0 aliphatic carbocycles. The van der Waals surface area contributed by atoms with E-state index in [0.717, 1.165) is 26.2 Å². The minimum atomic E-state index is 0.650. The van der Waals surface area contributed by atoms with Crippen LogP contribution in [-0.2, 0) is 0 Å². The topological polar surface area (TPSA) is 27.3 Å². The molecule has 1 unspecified atom stereocenters. The van der Waals surface area contributed by atoms with Gasteiger partial charge >= 0.3 is 0 Å². The molecule has 0 radical (unpaired) electrons. The van der Waals surface area contributed by atoms with Gasteiger partial charge in [-0.2, -0.15) is 0 Å². The summed E-state index contributed by atoms with van der Waals surface area (Å²) in [7, 11) is 2.22. The van der Waals surface area contributed by atoms with Gasteiger partial charge in [-0.1, -0.05) is 30.3 Å². The molecule has 3 heteroatoms. The molecule has 2 N–H and O–H groups in total. The van der Waals surface area contributed by atoms with Crippen molar-refractivity contribution < 1.29 is 0 Å². The zero-order valence-corrected chi connectivity index (χ0v) is 12.1. The Hall–Kier alpha value is -1.58. The first-order valence-corrected chi connectivity index (χ1v) is 7.46. The number of anilines is 1. The molecule has 1 aliphatic rings. The molecule has 1 fully saturated rings. The summed E-state index contributed by atoms with van der Waals surface area (Å²) in [6, 6.07) is 15.7. The second kappa shape index (κ2) is 6.25. The highest BCUT2D eigenvalue weighted by atomic mass is 15.2. The highest BCUT2D eigenvalue weighted by Crippen LogP contribution is 2.19. The van der Waals surface area contributed by atoms with Gasteiger partial charge in [-0.15, -0.1) is 0 Å². The Morgan fingerprint density at radius 2 is 2.05 bits per heavy atom. The second-order valence-corrected chi connectivity index (χ2v) is 5.62. The van der Waals surface area contributed by atoms with Crippen LogP contribution in [0.25, 0.3) is 10.8 Å². The summed E-state index contributed by atoms with van der Waals surface area (Å²) in [5.74, 6) is 0. The van der Waals surface area contributed by atoms with Crippen LogP contribution >= 0.6 is 0 Å². The van der Waals surface area contributed by atoms with Crippen LogP contribution in [0.15, 0.2) is 42.5 Å². The van der Waals surface area contributed by atoms with Crippen LogP contribution in [0.3, 0.4) is 0 Å². The summed E-state index contributed by atoms with van der Waals surface area (Å²) in [6.45, 7) is 4.40. The molecule has 1 saturated heterocycles. The van der Waals surface area contributed by atoms with Gasteiger partial charge in [0, 0.05) is 37.9 Å². The van der Waals surface area contributed by atoms with Crippen molar-refractivity contribution in [2.45, 2.75) is 12.5 Å². The fraction of sp³-hybridized carbons (Fsp3) is 0.412. The average molecular weight is 269 g/mol. The number of fused-ring (bicyclic) bond motifs is 1. The third-order valence-corrected chi connectivity index (χ3v) is 4.20. The Balaban J connectivity index is 1.56. The molecule has 0 aromatic heterocycles.